The third-order valence-corrected chi connectivity index (χ3v) is 19.7. The maximum Gasteiger partial charge on any atom is 0.116 e. The molecule has 0 bridgehead atoms. The minimum atomic E-state index is 0.890. The lowest BCUT2D eigenvalue weighted by molar-refractivity contribution is 1.18. The summed E-state index contributed by atoms with van der Waals surface area (Å²) in [7, 11) is 0. The van der Waals surface area contributed by atoms with E-state index in [0.29, 0.717) is 0 Å². The van der Waals surface area contributed by atoms with Gasteiger partial charge in [-0.3, -0.25) is 0 Å². The summed E-state index contributed by atoms with van der Waals surface area (Å²) < 4.78 is 7.52. The molecule has 0 radical (unpaired) electrons. The van der Waals surface area contributed by atoms with Gasteiger partial charge in [0.15, 0.2) is 0 Å². The van der Waals surface area contributed by atoms with Gasteiger partial charge >= 0.3 is 0 Å². The topological polar surface area (TPSA) is 34.0 Å². The van der Waals surface area contributed by atoms with Crippen molar-refractivity contribution < 1.29 is 0 Å². The molecule has 17 aromatic rings. The van der Waals surface area contributed by atoms with Crippen molar-refractivity contribution in [2.45, 2.75) is 0 Å². The molecule has 0 aliphatic carbocycles. The molecule has 0 aliphatic rings. The van der Waals surface area contributed by atoms with Crippen LogP contribution in [-0.2, 0) is 0 Å². The van der Waals surface area contributed by atoms with Crippen LogP contribution in [0.3, 0.4) is 0 Å². The SMILES string of the molecule is c1ccc(N(c2ccc(-c3cccc(-c4ccc5c(c4)sc4c(-c6cccc(-c7cc(-c8cccc(-c9cccc%10c9sc9ccccc9%10)c8)ncn7)c6)cccc45)c3)cc2)c2ccc(-c3ccc4c(c3)c3ccccc3n4-c3ccccc3)cc2)cc1. The van der Waals surface area contributed by atoms with E-state index >= 15 is 0 Å². The molecule has 0 spiro atoms. The Hall–Kier alpha value is -11.0. The Labute approximate surface area is 517 Å². The Bertz CT molecular complexity index is 5510. The van der Waals surface area contributed by atoms with Crippen LogP contribution in [0.2, 0.25) is 0 Å². The summed E-state index contributed by atoms with van der Waals surface area (Å²) >= 11 is 3.72. The van der Waals surface area contributed by atoms with Crippen LogP contribution in [0.5, 0.6) is 0 Å². The van der Waals surface area contributed by atoms with E-state index in [9.17, 15) is 0 Å². The zero-order valence-electron chi connectivity index (χ0n) is 47.6. The van der Waals surface area contributed by atoms with Crippen LogP contribution in [-0.4, -0.2) is 14.5 Å². The first-order chi connectivity index (χ1) is 43.6. The second-order valence-corrected chi connectivity index (χ2v) is 24.6. The maximum atomic E-state index is 4.83. The van der Waals surface area contributed by atoms with Gasteiger partial charge in [-0.2, -0.15) is 0 Å². The third kappa shape index (κ3) is 9.05. The van der Waals surface area contributed by atoms with Gasteiger partial charge in [-0.1, -0.05) is 206 Å². The largest absolute Gasteiger partial charge is 0.311 e. The van der Waals surface area contributed by atoms with Crippen molar-refractivity contribution in [1.82, 2.24) is 14.5 Å². The number of aromatic nitrogens is 3. The molecule has 0 aliphatic heterocycles. The molecule has 0 unspecified atom stereocenters. The summed E-state index contributed by atoms with van der Waals surface area (Å²) in [6.07, 6.45) is 1.70. The van der Waals surface area contributed by atoms with Crippen molar-refractivity contribution in [2.24, 2.45) is 0 Å². The summed E-state index contributed by atoms with van der Waals surface area (Å²) in [4.78, 5) is 12.0. The second kappa shape index (κ2) is 21.5. The van der Waals surface area contributed by atoms with Crippen molar-refractivity contribution in [3.63, 3.8) is 0 Å². The number of hydrogen-bond donors (Lipinski definition) is 0. The summed E-state index contributed by atoms with van der Waals surface area (Å²) in [5.74, 6) is 0. The normalized spacial score (nSPS) is 11.6. The van der Waals surface area contributed by atoms with Crippen molar-refractivity contribution >= 4 is 102 Å². The average molecular weight is 1160 g/mol. The fraction of sp³-hybridized carbons (Fsp3) is 0. The van der Waals surface area contributed by atoms with Gasteiger partial charge in [0.25, 0.3) is 0 Å². The molecule has 4 heterocycles. The molecule has 0 saturated carbocycles. The van der Waals surface area contributed by atoms with Crippen molar-refractivity contribution in [3.8, 4) is 83.8 Å². The number of para-hydroxylation sites is 3. The molecule has 0 amide bonds. The molecule has 4 nitrogen and oxygen atoms in total. The van der Waals surface area contributed by atoms with Crippen LogP contribution in [0.25, 0.3) is 146 Å². The lowest BCUT2D eigenvalue weighted by Crippen LogP contribution is -2.09. The Balaban J connectivity index is 0.636. The highest BCUT2D eigenvalue weighted by Crippen LogP contribution is 2.45. The van der Waals surface area contributed by atoms with Gasteiger partial charge in [-0.05, 0) is 159 Å². The lowest BCUT2D eigenvalue weighted by Gasteiger charge is -2.26. The van der Waals surface area contributed by atoms with Crippen LogP contribution in [0.4, 0.5) is 17.1 Å². The summed E-state index contributed by atoms with van der Waals surface area (Å²) in [5.41, 5.74) is 22.6. The Morgan fingerprint density at radius 2 is 0.705 bits per heavy atom. The van der Waals surface area contributed by atoms with Crippen molar-refractivity contribution in [1.29, 1.82) is 0 Å². The highest BCUT2D eigenvalue weighted by atomic mass is 32.1. The predicted octanol–water partition coefficient (Wildman–Crippen LogP) is 23.4. The predicted molar refractivity (Wildman–Crippen MR) is 375 cm³/mol. The number of thiophene rings is 2. The van der Waals surface area contributed by atoms with Crippen LogP contribution < -0.4 is 4.90 Å². The molecule has 0 atom stereocenters. The van der Waals surface area contributed by atoms with Crippen molar-refractivity contribution in [2.75, 3.05) is 4.90 Å². The van der Waals surface area contributed by atoms with E-state index in [4.69, 9.17) is 9.97 Å². The molecule has 4 aromatic heterocycles. The van der Waals surface area contributed by atoms with Crippen LogP contribution in [0, 0.1) is 0 Å². The van der Waals surface area contributed by atoms with E-state index in [2.05, 4.69) is 319 Å². The second-order valence-electron chi connectivity index (χ2n) is 22.5. The number of fused-ring (bicyclic) bond motifs is 9. The van der Waals surface area contributed by atoms with E-state index in [1.807, 2.05) is 22.7 Å². The van der Waals surface area contributed by atoms with Gasteiger partial charge in [0.2, 0.25) is 0 Å². The summed E-state index contributed by atoms with van der Waals surface area (Å²) in [5, 5.41) is 7.63. The molecule has 17 rings (SSSR count). The number of benzene rings is 13. The fourth-order valence-corrected chi connectivity index (χ4v) is 15.6. The molecule has 13 aromatic carbocycles. The Morgan fingerprint density at radius 1 is 0.261 bits per heavy atom. The van der Waals surface area contributed by atoms with Gasteiger partial charge in [-0.25, -0.2) is 9.97 Å². The highest BCUT2D eigenvalue weighted by Gasteiger charge is 2.19. The zero-order chi connectivity index (χ0) is 58.1. The van der Waals surface area contributed by atoms with Gasteiger partial charge in [-0.15, -0.1) is 22.7 Å². The fourth-order valence-electron chi connectivity index (χ4n) is 13.1. The van der Waals surface area contributed by atoms with E-state index in [1.54, 1.807) is 6.33 Å². The van der Waals surface area contributed by atoms with E-state index in [-0.39, 0.29) is 0 Å². The third-order valence-electron chi connectivity index (χ3n) is 17.3. The quantitative estimate of drug-likeness (QED) is 0.129. The van der Waals surface area contributed by atoms with Crippen LogP contribution in [0.15, 0.2) is 316 Å². The standard InChI is InChI=1S/C82H52N4S2/c1-3-22-63(23-4-1)85(66-42-36-54(37-43-66)57-39-45-78-74(49-57)69-26-7-9-32-77(69)86(78)64-24-5-2-6-25-64)65-40-34-53(35-41-65)55-16-11-17-56(46-55)58-38-44-71-73-31-15-29-68(82(73)88-80(71)50-58)60-19-13-21-62(48-60)76-51-75(83-52-84-76)61-20-12-18-59(47-61)67-28-14-30-72-70-27-8-10-33-79(70)87-81(67)72/h1-52H. The molecule has 0 N–H and O–H groups in total. The monoisotopic (exact) mass is 1160 g/mol. The first-order valence-electron chi connectivity index (χ1n) is 29.7. The first-order valence-corrected chi connectivity index (χ1v) is 31.4. The molecule has 88 heavy (non-hydrogen) atoms. The van der Waals surface area contributed by atoms with E-state index in [1.165, 1.54) is 107 Å². The van der Waals surface area contributed by atoms with Crippen LogP contribution in [0.1, 0.15) is 0 Å². The smallest absolute Gasteiger partial charge is 0.116 e. The number of hydrogen-bond acceptors (Lipinski definition) is 5. The number of nitrogens with zero attached hydrogens (tertiary/aromatic N) is 4. The minimum Gasteiger partial charge on any atom is -0.311 e. The van der Waals surface area contributed by atoms with Gasteiger partial charge in [0.05, 0.1) is 22.4 Å². The first kappa shape index (κ1) is 51.4. The van der Waals surface area contributed by atoms with Crippen molar-refractivity contribution in [3.05, 3.63) is 316 Å². The van der Waals surface area contributed by atoms with Gasteiger partial charge in [0, 0.05) is 85.0 Å². The lowest BCUT2D eigenvalue weighted by atomic mass is 9.97. The van der Waals surface area contributed by atoms with Gasteiger partial charge < -0.3 is 9.47 Å². The summed E-state index contributed by atoms with van der Waals surface area (Å²) in [6, 6.07) is 113. The zero-order valence-corrected chi connectivity index (χ0v) is 49.3. The van der Waals surface area contributed by atoms with Gasteiger partial charge in [0.1, 0.15) is 6.33 Å². The van der Waals surface area contributed by atoms with E-state index in [0.717, 1.165) is 56.4 Å². The summed E-state index contributed by atoms with van der Waals surface area (Å²) in [6.45, 7) is 0. The molecular formula is C82H52N4S2. The molecule has 6 heteroatoms. The highest BCUT2D eigenvalue weighted by molar-refractivity contribution is 7.26. The van der Waals surface area contributed by atoms with Crippen LogP contribution >= 0.6 is 22.7 Å². The number of anilines is 3. The maximum absolute atomic E-state index is 4.83. The average Bonchev–Trinajstić information content (AvgIpc) is 2.00. The molecule has 0 fully saturated rings. The van der Waals surface area contributed by atoms with E-state index < -0.39 is 0 Å². The minimum absolute atomic E-state index is 0.890. The number of rotatable bonds is 11. The molecular weight excluding hydrogens is 1110 g/mol. The molecule has 0 saturated heterocycles. The Morgan fingerprint density at radius 3 is 1.36 bits per heavy atom. The Kier molecular flexibility index (Phi) is 12.6. The molecule has 412 valence electrons.